The van der Waals surface area contributed by atoms with E-state index in [1.807, 2.05) is 31.1 Å². The summed E-state index contributed by atoms with van der Waals surface area (Å²) in [5.74, 6) is 0.529. The van der Waals surface area contributed by atoms with Crippen LogP contribution in [0.5, 0.6) is 0 Å². The zero-order valence-corrected chi connectivity index (χ0v) is 13.9. The number of rotatable bonds is 4. The molecule has 1 aliphatic heterocycles. The third kappa shape index (κ3) is 3.93. The van der Waals surface area contributed by atoms with E-state index in [0.717, 1.165) is 12.2 Å². The van der Waals surface area contributed by atoms with Gasteiger partial charge in [-0.3, -0.25) is 9.78 Å². The first-order valence-corrected chi connectivity index (χ1v) is 7.92. The van der Waals surface area contributed by atoms with Gasteiger partial charge in [-0.25, -0.2) is 9.97 Å². The molecule has 0 spiro atoms. The van der Waals surface area contributed by atoms with Crippen LogP contribution in [0.1, 0.15) is 28.1 Å². The maximum Gasteiger partial charge on any atom is 0.272 e. The highest BCUT2D eigenvalue weighted by Gasteiger charge is 2.28. The maximum atomic E-state index is 12.5. The van der Waals surface area contributed by atoms with E-state index in [0.29, 0.717) is 31.2 Å². The quantitative estimate of drug-likeness (QED) is 0.839. The number of ether oxygens (including phenoxy) is 1. The highest BCUT2D eigenvalue weighted by atomic mass is 16.5. The molecule has 0 aromatic carbocycles. The van der Waals surface area contributed by atoms with E-state index >= 15 is 0 Å². The van der Waals surface area contributed by atoms with Crippen LogP contribution in [0.2, 0.25) is 0 Å². The molecule has 2 aromatic rings. The SMILES string of the molecule is CN(C)Cc1ccnc(C2CN(C(=O)c3ccccn3)CCO2)n1. The lowest BCUT2D eigenvalue weighted by molar-refractivity contribution is -0.0271. The molecule has 1 unspecified atom stereocenters. The summed E-state index contributed by atoms with van der Waals surface area (Å²) >= 11 is 0. The predicted octanol–water partition coefficient (Wildman–Crippen LogP) is 1.15. The summed E-state index contributed by atoms with van der Waals surface area (Å²) in [7, 11) is 3.98. The summed E-state index contributed by atoms with van der Waals surface area (Å²) in [6.45, 7) is 2.17. The Hall–Kier alpha value is -2.38. The highest BCUT2D eigenvalue weighted by Crippen LogP contribution is 2.20. The van der Waals surface area contributed by atoms with E-state index in [2.05, 4.69) is 15.0 Å². The molecular formula is C17H21N5O2. The van der Waals surface area contributed by atoms with Gasteiger partial charge in [-0.2, -0.15) is 0 Å². The minimum absolute atomic E-state index is 0.0895. The van der Waals surface area contributed by atoms with Gasteiger partial charge in [-0.1, -0.05) is 6.07 Å². The summed E-state index contributed by atoms with van der Waals surface area (Å²) in [6.07, 6.45) is 3.05. The average Bonchev–Trinajstić information content (AvgIpc) is 2.62. The summed E-state index contributed by atoms with van der Waals surface area (Å²) < 4.78 is 5.79. The molecule has 0 saturated carbocycles. The first-order chi connectivity index (χ1) is 11.6. The number of carbonyl (C=O) groups is 1. The number of morpholine rings is 1. The number of hydrogen-bond acceptors (Lipinski definition) is 6. The van der Waals surface area contributed by atoms with Crippen LogP contribution in [-0.4, -0.2) is 64.5 Å². The van der Waals surface area contributed by atoms with E-state index in [-0.39, 0.29) is 12.0 Å². The van der Waals surface area contributed by atoms with Crippen LogP contribution in [0.3, 0.4) is 0 Å². The van der Waals surface area contributed by atoms with Gasteiger partial charge in [0.15, 0.2) is 5.82 Å². The molecule has 0 aliphatic carbocycles. The number of amides is 1. The molecule has 0 radical (unpaired) electrons. The van der Waals surface area contributed by atoms with Crippen molar-refractivity contribution in [2.45, 2.75) is 12.6 Å². The lowest BCUT2D eigenvalue weighted by atomic mass is 10.2. The number of hydrogen-bond donors (Lipinski definition) is 0. The van der Waals surface area contributed by atoms with Gasteiger partial charge in [0.1, 0.15) is 11.8 Å². The third-order valence-electron chi connectivity index (χ3n) is 3.74. The molecule has 1 fully saturated rings. The second-order valence-electron chi connectivity index (χ2n) is 5.97. The van der Waals surface area contributed by atoms with E-state index < -0.39 is 0 Å². The number of carbonyl (C=O) groups excluding carboxylic acids is 1. The van der Waals surface area contributed by atoms with Gasteiger partial charge in [-0.05, 0) is 32.3 Å². The molecule has 0 N–H and O–H groups in total. The highest BCUT2D eigenvalue weighted by molar-refractivity contribution is 5.92. The van der Waals surface area contributed by atoms with E-state index in [1.54, 1.807) is 29.4 Å². The van der Waals surface area contributed by atoms with Gasteiger partial charge in [0, 0.05) is 25.5 Å². The van der Waals surface area contributed by atoms with Crippen molar-refractivity contribution in [3.63, 3.8) is 0 Å². The lowest BCUT2D eigenvalue weighted by Crippen LogP contribution is -2.43. The van der Waals surface area contributed by atoms with Crippen LogP contribution in [-0.2, 0) is 11.3 Å². The summed E-state index contributed by atoms with van der Waals surface area (Å²) in [6, 6.07) is 7.22. The van der Waals surface area contributed by atoms with Crippen molar-refractivity contribution in [1.29, 1.82) is 0 Å². The molecule has 24 heavy (non-hydrogen) atoms. The van der Waals surface area contributed by atoms with Crippen LogP contribution in [0.15, 0.2) is 36.7 Å². The smallest absolute Gasteiger partial charge is 0.272 e. The summed E-state index contributed by atoms with van der Waals surface area (Å²) in [5, 5.41) is 0. The Morgan fingerprint density at radius 3 is 2.92 bits per heavy atom. The van der Waals surface area contributed by atoms with Crippen molar-refractivity contribution in [3.8, 4) is 0 Å². The van der Waals surface area contributed by atoms with Crippen LogP contribution in [0.4, 0.5) is 0 Å². The second-order valence-corrected chi connectivity index (χ2v) is 5.97. The Morgan fingerprint density at radius 1 is 1.29 bits per heavy atom. The fourth-order valence-electron chi connectivity index (χ4n) is 2.62. The minimum atomic E-state index is -0.312. The second kappa shape index (κ2) is 7.46. The summed E-state index contributed by atoms with van der Waals surface area (Å²) in [4.78, 5) is 29.4. The van der Waals surface area contributed by atoms with Gasteiger partial charge in [0.2, 0.25) is 0 Å². The molecule has 0 bridgehead atoms. The maximum absolute atomic E-state index is 12.5. The normalized spacial score (nSPS) is 18.0. The Morgan fingerprint density at radius 2 is 2.17 bits per heavy atom. The van der Waals surface area contributed by atoms with Crippen LogP contribution < -0.4 is 0 Å². The zero-order valence-electron chi connectivity index (χ0n) is 13.9. The fourth-order valence-corrected chi connectivity index (χ4v) is 2.62. The molecule has 1 aliphatic rings. The van der Waals surface area contributed by atoms with Crippen molar-refractivity contribution in [2.75, 3.05) is 33.8 Å². The van der Waals surface area contributed by atoms with E-state index in [1.165, 1.54) is 0 Å². The molecular weight excluding hydrogens is 306 g/mol. The van der Waals surface area contributed by atoms with Crippen LogP contribution >= 0.6 is 0 Å². The van der Waals surface area contributed by atoms with Crippen molar-refractivity contribution >= 4 is 5.91 Å². The van der Waals surface area contributed by atoms with Gasteiger partial charge in [0.25, 0.3) is 5.91 Å². The largest absolute Gasteiger partial charge is 0.367 e. The topological polar surface area (TPSA) is 71.5 Å². The fraction of sp³-hybridized carbons (Fsp3) is 0.412. The molecule has 1 atom stereocenters. The standard InChI is InChI=1S/C17H21N5O2/c1-21(2)11-13-6-8-19-16(20-13)15-12-22(9-10-24-15)17(23)14-5-3-4-7-18-14/h3-8,15H,9-12H2,1-2H3. The van der Waals surface area contributed by atoms with Gasteiger partial charge in [0.05, 0.1) is 18.8 Å². The predicted molar refractivity (Wildman–Crippen MR) is 88.3 cm³/mol. The van der Waals surface area contributed by atoms with E-state index in [4.69, 9.17) is 4.74 Å². The molecule has 3 rings (SSSR count). The van der Waals surface area contributed by atoms with Crippen molar-refractivity contribution in [1.82, 2.24) is 24.8 Å². The first kappa shape index (κ1) is 16.5. The van der Waals surface area contributed by atoms with Gasteiger partial charge < -0.3 is 14.5 Å². The molecule has 1 saturated heterocycles. The third-order valence-corrected chi connectivity index (χ3v) is 3.74. The minimum Gasteiger partial charge on any atom is -0.367 e. The monoisotopic (exact) mass is 327 g/mol. The van der Waals surface area contributed by atoms with Crippen molar-refractivity contribution < 1.29 is 9.53 Å². The lowest BCUT2D eigenvalue weighted by Gasteiger charge is -2.32. The molecule has 3 heterocycles. The molecule has 126 valence electrons. The average molecular weight is 327 g/mol. The Bertz CT molecular complexity index is 692. The Labute approximate surface area is 141 Å². The molecule has 7 heteroatoms. The molecule has 2 aromatic heterocycles. The van der Waals surface area contributed by atoms with Gasteiger partial charge in [-0.15, -0.1) is 0 Å². The number of aromatic nitrogens is 3. The van der Waals surface area contributed by atoms with Crippen LogP contribution in [0.25, 0.3) is 0 Å². The number of nitrogens with zero attached hydrogens (tertiary/aromatic N) is 5. The van der Waals surface area contributed by atoms with Crippen molar-refractivity contribution in [3.05, 3.63) is 53.9 Å². The summed E-state index contributed by atoms with van der Waals surface area (Å²) in [5.41, 5.74) is 1.38. The number of pyridine rings is 1. The van der Waals surface area contributed by atoms with Gasteiger partial charge >= 0.3 is 0 Å². The molecule has 7 nitrogen and oxygen atoms in total. The van der Waals surface area contributed by atoms with Crippen molar-refractivity contribution in [2.24, 2.45) is 0 Å². The first-order valence-electron chi connectivity index (χ1n) is 7.92. The van der Waals surface area contributed by atoms with Crippen LogP contribution in [0, 0.1) is 0 Å². The van der Waals surface area contributed by atoms with E-state index in [9.17, 15) is 4.79 Å². The molecule has 1 amide bonds. The Kier molecular flexibility index (Phi) is 5.12. The Balaban J connectivity index is 1.73. The zero-order chi connectivity index (χ0) is 16.9.